The molecule has 0 N–H and O–H groups in total. The van der Waals surface area contributed by atoms with Gasteiger partial charge in [-0.3, -0.25) is 0 Å². The lowest BCUT2D eigenvalue weighted by atomic mass is 10.2. The summed E-state index contributed by atoms with van der Waals surface area (Å²) in [4.78, 5) is 0.635. The van der Waals surface area contributed by atoms with E-state index < -0.39 is 0 Å². The third kappa shape index (κ3) is 1.71. The Morgan fingerprint density at radius 1 is 1.15 bits per heavy atom. The van der Waals surface area contributed by atoms with Crippen LogP contribution in [-0.2, 0) is 0 Å². The van der Waals surface area contributed by atoms with Crippen LogP contribution in [0.4, 0.5) is 4.39 Å². The molecule has 3 aromatic heterocycles. The van der Waals surface area contributed by atoms with Crippen LogP contribution in [0.25, 0.3) is 27.1 Å². The van der Waals surface area contributed by atoms with Crippen LogP contribution in [0.1, 0.15) is 0 Å². The lowest BCUT2D eigenvalue weighted by Gasteiger charge is -1.94. The smallest absolute Gasteiger partial charge is 0.235 e. The van der Waals surface area contributed by atoms with Crippen LogP contribution in [0.5, 0.6) is 0 Å². The van der Waals surface area contributed by atoms with Gasteiger partial charge in [-0.05, 0) is 24.3 Å². The minimum atomic E-state index is -0.292. The second-order valence-electron chi connectivity index (χ2n) is 4.11. The zero-order valence-electron chi connectivity index (χ0n) is 10.0. The average molecular weight is 286 g/mol. The third-order valence-corrected chi connectivity index (χ3v) is 3.75. The number of aromatic nitrogens is 4. The van der Waals surface area contributed by atoms with Gasteiger partial charge in [-0.15, -0.1) is 10.2 Å². The molecule has 0 aliphatic carbocycles. The lowest BCUT2D eigenvalue weighted by molar-refractivity contribution is 0.575. The summed E-state index contributed by atoms with van der Waals surface area (Å²) in [6.07, 6.45) is 1.57. The van der Waals surface area contributed by atoms with Gasteiger partial charge in [0.05, 0.1) is 6.26 Å². The first kappa shape index (κ1) is 11.3. The number of halogens is 1. The largest absolute Gasteiger partial charge is 0.461 e. The Kier molecular flexibility index (Phi) is 2.40. The first-order valence-corrected chi connectivity index (χ1v) is 6.65. The van der Waals surface area contributed by atoms with E-state index in [0.29, 0.717) is 27.1 Å². The Labute approximate surface area is 116 Å². The summed E-state index contributed by atoms with van der Waals surface area (Å²) in [6, 6.07) is 9.87. The maximum absolute atomic E-state index is 13.3. The Hall–Kier alpha value is -2.54. The van der Waals surface area contributed by atoms with Crippen molar-refractivity contribution in [2.24, 2.45) is 0 Å². The summed E-state index contributed by atoms with van der Waals surface area (Å²) in [5.74, 6) is 0.831. The second-order valence-corrected chi connectivity index (χ2v) is 5.07. The predicted molar refractivity (Wildman–Crippen MR) is 71.8 cm³/mol. The van der Waals surface area contributed by atoms with E-state index in [2.05, 4.69) is 15.3 Å². The highest BCUT2D eigenvalue weighted by Crippen LogP contribution is 2.28. The first-order valence-electron chi connectivity index (χ1n) is 5.83. The molecule has 0 atom stereocenters. The second kappa shape index (κ2) is 4.24. The highest BCUT2D eigenvalue weighted by molar-refractivity contribution is 7.19. The fourth-order valence-corrected chi connectivity index (χ4v) is 2.75. The zero-order chi connectivity index (χ0) is 13.5. The predicted octanol–water partition coefficient (Wildman–Crippen LogP) is 3.25. The Balaban J connectivity index is 1.88. The Morgan fingerprint density at radius 2 is 2.10 bits per heavy atom. The zero-order valence-corrected chi connectivity index (χ0v) is 10.8. The molecule has 20 heavy (non-hydrogen) atoms. The molecule has 7 heteroatoms. The minimum absolute atomic E-state index is 0.292. The van der Waals surface area contributed by atoms with Crippen LogP contribution in [0.2, 0.25) is 0 Å². The fraction of sp³-hybridized carbons (Fsp3) is 0. The quantitative estimate of drug-likeness (QED) is 0.567. The van der Waals surface area contributed by atoms with Crippen molar-refractivity contribution >= 4 is 16.3 Å². The molecule has 0 aliphatic rings. The molecule has 0 saturated carbocycles. The van der Waals surface area contributed by atoms with E-state index in [1.807, 2.05) is 0 Å². The molecule has 4 aromatic rings. The number of nitrogens with zero attached hydrogens (tertiary/aromatic N) is 4. The first-order chi connectivity index (χ1) is 9.81. The molecule has 0 unspecified atom stereocenters. The van der Waals surface area contributed by atoms with Crippen LogP contribution in [-0.4, -0.2) is 19.8 Å². The summed E-state index contributed by atoms with van der Waals surface area (Å²) in [7, 11) is 0. The van der Waals surface area contributed by atoms with Crippen LogP contribution >= 0.6 is 11.3 Å². The number of rotatable bonds is 2. The molecule has 0 fully saturated rings. The molecule has 3 heterocycles. The van der Waals surface area contributed by atoms with Gasteiger partial charge in [0.2, 0.25) is 10.8 Å². The van der Waals surface area contributed by atoms with Crippen molar-refractivity contribution in [2.45, 2.75) is 0 Å². The van der Waals surface area contributed by atoms with Crippen molar-refractivity contribution in [3.8, 4) is 22.2 Å². The van der Waals surface area contributed by atoms with E-state index >= 15 is 0 Å². The molecule has 0 amide bonds. The fourth-order valence-electron chi connectivity index (χ4n) is 1.91. The Bertz CT molecular complexity index is 881. The van der Waals surface area contributed by atoms with Gasteiger partial charge in [-0.1, -0.05) is 23.5 Å². The van der Waals surface area contributed by atoms with Gasteiger partial charge in [-0.2, -0.15) is 9.61 Å². The van der Waals surface area contributed by atoms with Gasteiger partial charge in [0.15, 0.2) is 5.76 Å². The molecule has 0 saturated heterocycles. The van der Waals surface area contributed by atoms with Crippen molar-refractivity contribution in [3.63, 3.8) is 0 Å². The molecule has 0 spiro atoms. The van der Waals surface area contributed by atoms with Crippen LogP contribution in [0, 0.1) is 5.82 Å². The van der Waals surface area contributed by atoms with Crippen molar-refractivity contribution in [1.29, 1.82) is 0 Å². The van der Waals surface area contributed by atoms with Crippen molar-refractivity contribution < 1.29 is 8.81 Å². The van der Waals surface area contributed by atoms with E-state index in [4.69, 9.17) is 4.42 Å². The number of hydrogen-bond acceptors (Lipinski definition) is 5. The molecule has 0 bridgehead atoms. The normalized spacial score (nSPS) is 11.2. The minimum Gasteiger partial charge on any atom is -0.461 e. The molecule has 0 radical (unpaired) electrons. The SMILES string of the molecule is Fc1cccc(-c2nn3c(-c4ccco4)nnc3s2)c1. The molecule has 0 aliphatic heterocycles. The van der Waals surface area contributed by atoms with Crippen LogP contribution < -0.4 is 0 Å². The number of furan rings is 1. The molecule has 98 valence electrons. The van der Waals surface area contributed by atoms with Crippen molar-refractivity contribution in [3.05, 3.63) is 48.5 Å². The number of fused-ring (bicyclic) bond motifs is 1. The van der Waals surface area contributed by atoms with Crippen LogP contribution in [0.3, 0.4) is 0 Å². The molecule has 4 rings (SSSR count). The van der Waals surface area contributed by atoms with Crippen LogP contribution in [0.15, 0.2) is 47.1 Å². The molecular formula is C13H7FN4OS. The molecule has 5 nitrogen and oxygen atoms in total. The monoisotopic (exact) mass is 286 g/mol. The Morgan fingerprint density at radius 3 is 2.90 bits per heavy atom. The van der Waals surface area contributed by atoms with Gasteiger partial charge in [-0.25, -0.2) is 4.39 Å². The van der Waals surface area contributed by atoms with E-state index in [1.54, 1.807) is 35.0 Å². The number of hydrogen-bond donors (Lipinski definition) is 0. The average Bonchev–Trinajstić information content (AvgIpc) is 3.14. The van der Waals surface area contributed by atoms with Crippen molar-refractivity contribution in [2.75, 3.05) is 0 Å². The summed E-state index contributed by atoms with van der Waals surface area (Å²) < 4.78 is 20.2. The molecule has 1 aromatic carbocycles. The molecular weight excluding hydrogens is 279 g/mol. The lowest BCUT2D eigenvalue weighted by Crippen LogP contribution is -1.89. The summed E-state index contributed by atoms with van der Waals surface area (Å²) >= 11 is 1.35. The topological polar surface area (TPSA) is 56.2 Å². The summed E-state index contributed by atoms with van der Waals surface area (Å²) in [6.45, 7) is 0. The van der Waals surface area contributed by atoms with Gasteiger partial charge < -0.3 is 4.42 Å². The standard InChI is InChI=1S/C13H7FN4OS/c14-9-4-1-3-8(7-9)12-17-18-11(10-5-2-6-19-10)15-16-13(18)20-12/h1-7H. The highest BCUT2D eigenvalue weighted by Gasteiger charge is 2.16. The highest BCUT2D eigenvalue weighted by atomic mass is 32.1. The van der Waals surface area contributed by atoms with Gasteiger partial charge in [0.1, 0.15) is 10.8 Å². The van der Waals surface area contributed by atoms with Gasteiger partial charge >= 0.3 is 0 Å². The van der Waals surface area contributed by atoms with E-state index in [1.165, 1.54) is 23.5 Å². The maximum atomic E-state index is 13.3. The maximum Gasteiger partial charge on any atom is 0.235 e. The van der Waals surface area contributed by atoms with E-state index in [-0.39, 0.29) is 5.82 Å². The summed E-state index contributed by atoms with van der Waals surface area (Å²) in [5.41, 5.74) is 0.714. The third-order valence-electron chi connectivity index (χ3n) is 2.80. The van der Waals surface area contributed by atoms with Gasteiger partial charge in [0, 0.05) is 5.56 Å². The van der Waals surface area contributed by atoms with E-state index in [0.717, 1.165) is 0 Å². The van der Waals surface area contributed by atoms with Gasteiger partial charge in [0.25, 0.3) is 0 Å². The summed E-state index contributed by atoms with van der Waals surface area (Å²) in [5, 5.41) is 13.2. The van der Waals surface area contributed by atoms with E-state index in [9.17, 15) is 4.39 Å². The van der Waals surface area contributed by atoms with Crippen molar-refractivity contribution in [1.82, 2.24) is 19.8 Å². The number of benzene rings is 1.